The number of carbonyl (C=O) groups excluding carboxylic acids is 1. The number of nitrogens with one attached hydrogen (secondary N) is 2. The molecule has 2 aliphatic carbocycles. The summed E-state index contributed by atoms with van der Waals surface area (Å²) in [6.45, 7) is 5.58. The Hall–Kier alpha value is -2.34. The highest BCUT2D eigenvalue weighted by Crippen LogP contribution is 2.44. The van der Waals surface area contributed by atoms with E-state index in [1.807, 2.05) is 26.0 Å². The van der Waals surface area contributed by atoms with Crippen molar-refractivity contribution in [2.24, 2.45) is 11.8 Å². The van der Waals surface area contributed by atoms with Crippen molar-refractivity contribution >= 4 is 21.6 Å². The lowest BCUT2D eigenvalue weighted by Gasteiger charge is -2.23. The fraction of sp³-hybridized carbons (Fsp3) is 0.435. The molecule has 0 radical (unpaired) electrons. The van der Waals surface area contributed by atoms with Crippen LogP contribution in [0.3, 0.4) is 0 Å². The van der Waals surface area contributed by atoms with Gasteiger partial charge in [-0.15, -0.1) is 0 Å². The summed E-state index contributed by atoms with van der Waals surface area (Å²) in [5.41, 5.74) is 3.46. The Morgan fingerprint density at radius 1 is 1.00 bits per heavy atom. The molecule has 29 heavy (non-hydrogen) atoms. The standard InChI is InChI=1S/C23H28N2O3S/c1-14-5-4-6-20(16(14)3)25-29(27,28)22-13-19(9-7-15(22)2)23(26)24-21-12-17-8-10-18(21)11-17/h4-7,9,13,17-18,21,25H,8,10-12H2,1-3H3,(H,24,26)/t17-,18-,21+/m0/s1. The molecule has 0 aromatic heterocycles. The highest BCUT2D eigenvalue weighted by molar-refractivity contribution is 7.92. The van der Waals surface area contributed by atoms with Crippen molar-refractivity contribution in [1.29, 1.82) is 0 Å². The fourth-order valence-electron chi connectivity index (χ4n) is 4.77. The van der Waals surface area contributed by atoms with Crippen molar-refractivity contribution in [2.75, 3.05) is 4.72 Å². The molecule has 0 saturated heterocycles. The van der Waals surface area contributed by atoms with Gasteiger partial charge in [0.05, 0.1) is 10.6 Å². The number of sulfonamides is 1. The van der Waals surface area contributed by atoms with E-state index in [2.05, 4.69) is 10.0 Å². The Morgan fingerprint density at radius 3 is 2.48 bits per heavy atom. The molecular weight excluding hydrogens is 384 g/mol. The number of benzene rings is 2. The van der Waals surface area contributed by atoms with Crippen LogP contribution in [0.2, 0.25) is 0 Å². The molecule has 6 heteroatoms. The van der Waals surface area contributed by atoms with E-state index in [0.29, 0.717) is 22.7 Å². The van der Waals surface area contributed by atoms with Crippen LogP contribution in [0.4, 0.5) is 5.69 Å². The van der Waals surface area contributed by atoms with Crippen LogP contribution in [0.5, 0.6) is 0 Å². The van der Waals surface area contributed by atoms with Crippen LogP contribution < -0.4 is 10.0 Å². The maximum Gasteiger partial charge on any atom is 0.262 e. The summed E-state index contributed by atoms with van der Waals surface area (Å²) < 4.78 is 28.8. The third-order valence-electron chi connectivity index (χ3n) is 6.64. The van der Waals surface area contributed by atoms with Crippen molar-refractivity contribution in [3.8, 4) is 0 Å². The highest BCUT2D eigenvalue weighted by atomic mass is 32.2. The predicted octanol–water partition coefficient (Wildman–Crippen LogP) is 4.33. The maximum atomic E-state index is 13.1. The summed E-state index contributed by atoms with van der Waals surface area (Å²) in [5, 5.41) is 3.14. The molecule has 5 nitrogen and oxygen atoms in total. The van der Waals surface area contributed by atoms with Crippen molar-refractivity contribution in [3.63, 3.8) is 0 Å². The lowest BCUT2D eigenvalue weighted by molar-refractivity contribution is 0.0922. The van der Waals surface area contributed by atoms with Crippen LogP contribution >= 0.6 is 0 Å². The van der Waals surface area contributed by atoms with Gasteiger partial charge in [-0.1, -0.05) is 24.6 Å². The van der Waals surface area contributed by atoms with E-state index in [-0.39, 0.29) is 16.8 Å². The average Bonchev–Trinajstić information content (AvgIpc) is 3.28. The smallest absolute Gasteiger partial charge is 0.262 e. The molecule has 2 aromatic rings. The van der Waals surface area contributed by atoms with Gasteiger partial charge in [0.15, 0.2) is 0 Å². The van der Waals surface area contributed by atoms with Gasteiger partial charge < -0.3 is 5.32 Å². The van der Waals surface area contributed by atoms with Crippen LogP contribution in [0.15, 0.2) is 41.3 Å². The van der Waals surface area contributed by atoms with E-state index in [9.17, 15) is 13.2 Å². The van der Waals surface area contributed by atoms with Gasteiger partial charge in [0.2, 0.25) is 0 Å². The van der Waals surface area contributed by atoms with Crippen LogP contribution in [0, 0.1) is 32.6 Å². The quantitative estimate of drug-likeness (QED) is 0.767. The molecule has 154 valence electrons. The van der Waals surface area contributed by atoms with E-state index in [1.165, 1.54) is 25.3 Å². The predicted molar refractivity (Wildman–Crippen MR) is 115 cm³/mol. The molecule has 0 heterocycles. The van der Waals surface area contributed by atoms with Gasteiger partial charge in [-0.25, -0.2) is 8.42 Å². The molecule has 4 rings (SSSR count). The van der Waals surface area contributed by atoms with Gasteiger partial charge in [0.25, 0.3) is 15.9 Å². The first kappa shape index (κ1) is 20.0. The van der Waals surface area contributed by atoms with E-state index in [4.69, 9.17) is 0 Å². The van der Waals surface area contributed by atoms with Crippen molar-refractivity contribution < 1.29 is 13.2 Å². The lowest BCUT2D eigenvalue weighted by atomic mass is 9.95. The topological polar surface area (TPSA) is 75.3 Å². The first-order chi connectivity index (χ1) is 13.7. The summed E-state index contributed by atoms with van der Waals surface area (Å²) >= 11 is 0. The molecule has 0 aliphatic heterocycles. The molecule has 0 unspecified atom stereocenters. The first-order valence-corrected chi connectivity index (χ1v) is 11.7. The van der Waals surface area contributed by atoms with Gasteiger partial charge in [0.1, 0.15) is 0 Å². The fourth-order valence-corrected chi connectivity index (χ4v) is 6.16. The normalized spacial score (nSPS) is 23.2. The monoisotopic (exact) mass is 412 g/mol. The molecule has 2 bridgehead atoms. The maximum absolute atomic E-state index is 13.1. The third-order valence-corrected chi connectivity index (χ3v) is 8.15. The second kappa shape index (κ2) is 7.48. The largest absolute Gasteiger partial charge is 0.349 e. The number of fused-ring (bicyclic) bond motifs is 2. The molecule has 1 amide bonds. The average molecular weight is 413 g/mol. The second-order valence-corrected chi connectivity index (χ2v) is 10.2. The molecule has 2 fully saturated rings. The summed E-state index contributed by atoms with van der Waals surface area (Å²) in [6.07, 6.45) is 4.71. The number of hydrogen-bond donors (Lipinski definition) is 2. The molecule has 2 N–H and O–H groups in total. The summed E-state index contributed by atoms with van der Waals surface area (Å²) in [5.74, 6) is 1.12. The zero-order chi connectivity index (χ0) is 20.8. The molecule has 0 spiro atoms. The zero-order valence-corrected chi connectivity index (χ0v) is 18.0. The lowest BCUT2D eigenvalue weighted by Crippen LogP contribution is -2.38. The zero-order valence-electron chi connectivity index (χ0n) is 17.2. The van der Waals surface area contributed by atoms with E-state index >= 15 is 0 Å². The van der Waals surface area contributed by atoms with Crippen LogP contribution in [-0.4, -0.2) is 20.4 Å². The van der Waals surface area contributed by atoms with Gasteiger partial charge >= 0.3 is 0 Å². The van der Waals surface area contributed by atoms with E-state index in [1.54, 1.807) is 25.1 Å². The minimum atomic E-state index is -3.80. The summed E-state index contributed by atoms with van der Waals surface area (Å²) in [6, 6.07) is 10.6. The number of amides is 1. The van der Waals surface area contributed by atoms with E-state index < -0.39 is 10.0 Å². The Bertz CT molecular complexity index is 1060. The Morgan fingerprint density at radius 2 is 1.79 bits per heavy atom. The highest BCUT2D eigenvalue weighted by Gasteiger charge is 2.40. The van der Waals surface area contributed by atoms with Crippen molar-refractivity contribution in [2.45, 2.75) is 57.4 Å². The molecular formula is C23H28N2O3S. The van der Waals surface area contributed by atoms with Crippen LogP contribution in [0.25, 0.3) is 0 Å². The first-order valence-electron chi connectivity index (χ1n) is 10.2. The number of aryl methyl sites for hydroxylation is 2. The van der Waals surface area contributed by atoms with Gasteiger partial charge in [-0.2, -0.15) is 0 Å². The van der Waals surface area contributed by atoms with Crippen LogP contribution in [0.1, 0.15) is 52.7 Å². The molecule has 3 atom stereocenters. The van der Waals surface area contributed by atoms with Crippen molar-refractivity contribution in [1.82, 2.24) is 5.32 Å². The van der Waals surface area contributed by atoms with Gasteiger partial charge in [0, 0.05) is 11.6 Å². The third kappa shape index (κ3) is 3.90. The number of anilines is 1. The molecule has 2 aromatic carbocycles. The molecule has 2 saturated carbocycles. The summed E-state index contributed by atoms with van der Waals surface area (Å²) in [4.78, 5) is 12.9. The minimum Gasteiger partial charge on any atom is -0.349 e. The minimum absolute atomic E-state index is 0.138. The number of rotatable bonds is 5. The van der Waals surface area contributed by atoms with E-state index in [0.717, 1.165) is 23.5 Å². The van der Waals surface area contributed by atoms with Gasteiger partial charge in [-0.05, 0) is 86.8 Å². The number of hydrogen-bond acceptors (Lipinski definition) is 3. The second-order valence-electron chi connectivity index (χ2n) is 8.59. The Balaban J connectivity index is 1.57. The Kier molecular flexibility index (Phi) is 5.15. The number of carbonyl (C=O) groups is 1. The van der Waals surface area contributed by atoms with Gasteiger partial charge in [-0.3, -0.25) is 9.52 Å². The molecule has 2 aliphatic rings. The van der Waals surface area contributed by atoms with Crippen molar-refractivity contribution in [3.05, 3.63) is 58.7 Å². The summed E-state index contributed by atoms with van der Waals surface area (Å²) in [7, 11) is -3.80. The van der Waals surface area contributed by atoms with Crippen LogP contribution in [-0.2, 0) is 10.0 Å². The Labute approximate surface area is 173 Å². The SMILES string of the molecule is Cc1ccc(C(=O)N[C@@H]2C[C@H]3CC[C@H]2C3)cc1S(=O)(=O)Nc1cccc(C)c1C.